The first kappa shape index (κ1) is 10.0. The van der Waals surface area contributed by atoms with Gasteiger partial charge in [-0.05, 0) is 25.7 Å². The minimum absolute atomic E-state index is 0.0992. The van der Waals surface area contributed by atoms with E-state index in [0.717, 1.165) is 12.3 Å². The molecular weight excluding hydrogens is 146 g/mol. The smallest absolute Gasteiger partial charge is 0.0125 e. The maximum atomic E-state index is 6.15. The van der Waals surface area contributed by atoms with Crippen molar-refractivity contribution in [2.75, 3.05) is 0 Å². The molecule has 2 N–H and O–H groups in total. The second-order valence-electron chi connectivity index (χ2n) is 4.72. The molecule has 0 bridgehead atoms. The molecule has 0 radical (unpaired) electrons. The summed E-state index contributed by atoms with van der Waals surface area (Å²) in [5.74, 6) is 0.925. The average Bonchev–Trinajstić information content (AvgIpc) is 2.06. The number of hydrogen-bond acceptors (Lipinski definition) is 1. The van der Waals surface area contributed by atoms with Crippen LogP contribution in [0, 0.1) is 5.92 Å². The molecule has 72 valence electrons. The highest BCUT2D eigenvalue weighted by Crippen LogP contribution is 2.30. The van der Waals surface area contributed by atoms with Gasteiger partial charge in [0.05, 0.1) is 0 Å². The van der Waals surface area contributed by atoms with E-state index in [4.69, 9.17) is 5.73 Å². The molecule has 1 heteroatoms. The van der Waals surface area contributed by atoms with Crippen LogP contribution in [-0.2, 0) is 0 Å². The zero-order valence-corrected chi connectivity index (χ0v) is 8.60. The highest BCUT2D eigenvalue weighted by Gasteiger charge is 2.23. The van der Waals surface area contributed by atoms with Gasteiger partial charge in [-0.3, -0.25) is 0 Å². The molecule has 0 aromatic rings. The van der Waals surface area contributed by atoms with E-state index in [1.807, 2.05) is 0 Å². The summed E-state index contributed by atoms with van der Waals surface area (Å²) >= 11 is 0. The molecule has 1 aliphatic rings. The van der Waals surface area contributed by atoms with Crippen molar-refractivity contribution in [3.8, 4) is 0 Å². The Morgan fingerprint density at radius 2 is 1.83 bits per heavy atom. The SMILES string of the molecule is CCC(C)(N)CC1CCCCC1. The maximum absolute atomic E-state index is 6.15. The van der Waals surface area contributed by atoms with Crippen molar-refractivity contribution in [2.24, 2.45) is 11.7 Å². The summed E-state index contributed by atoms with van der Waals surface area (Å²) in [4.78, 5) is 0. The number of rotatable bonds is 3. The second-order valence-corrected chi connectivity index (χ2v) is 4.72. The van der Waals surface area contributed by atoms with Gasteiger partial charge in [0.25, 0.3) is 0 Å². The van der Waals surface area contributed by atoms with E-state index in [9.17, 15) is 0 Å². The first-order valence-electron chi connectivity index (χ1n) is 5.43. The summed E-state index contributed by atoms with van der Waals surface area (Å²) in [7, 11) is 0. The molecule has 0 aromatic carbocycles. The molecule has 1 nitrogen and oxygen atoms in total. The van der Waals surface area contributed by atoms with Crippen LogP contribution in [0.25, 0.3) is 0 Å². The normalized spacial score (nSPS) is 25.2. The lowest BCUT2D eigenvalue weighted by atomic mass is 9.79. The van der Waals surface area contributed by atoms with Crippen molar-refractivity contribution >= 4 is 0 Å². The van der Waals surface area contributed by atoms with Crippen LogP contribution in [0.2, 0.25) is 0 Å². The molecule has 1 unspecified atom stereocenters. The van der Waals surface area contributed by atoms with Gasteiger partial charge in [-0.1, -0.05) is 39.0 Å². The highest BCUT2D eigenvalue weighted by molar-refractivity contribution is 4.81. The lowest BCUT2D eigenvalue weighted by Gasteiger charge is -2.30. The third kappa shape index (κ3) is 3.14. The molecule has 1 rings (SSSR count). The van der Waals surface area contributed by atoms with E-state index in [1.165, 1.54) is 38.5 Å². The Bertz CT molecular complexity index is 123. The van der Waals surface area contributed by atoms with Crippen LogP contribution in [0.4, 0.5) is 0 Å². The van der Waals surface area contributed by atoms with Crippen molar-refractivity contribution in [3.05, 3.63) is 0 Å². The van der Waals surface area contributed by atoms with Crippen LogP contribution in [0.15, 0.2) is 0 Å². The van der Waals surface area contributed by atoms with Crippen molar-refractivity contribution in [2.45, 2.75) is 64.3 Å². The maximum Gasteiger partial charge on any atom is 0.0125 e. The van der Waals surface area contributed by atoms with E-state index in [2.05, 4.69) is 13.8 Å². The van der Waals surface area contributed by atoms with Crippen LogP contribution in [0.1, 0.15) is 58.8 Å². The Kier molecular flexibility index (Phi) is 3.57. The fraction of sp³-hybridized carbons (Fsp3) is 1.00. The second kappa shape index (κ2) is 4.27. The van der Waals surface area contributed by atoms with Gasteiger partial charge < -0.3 is 5.73 Å². The van der Waals surface area contributed by atoms with E-state index < -0.39 is 0 Å². The first-order chi connectivity index (χ1) is 5.64. The van der Waals surface area contributed by atoms with Gasteiger partial charge in [0.1, 0.15) is 0 Å². The summed E-state index contributed by atoms with van der Waals surface area (Å²) in [5.41, 5.74) is 6.25. The van der Waals surface area contributed by atoms with Gasteiger partial charge in [0, 0.05) is 5.54 Å². The van der Waals surface area contributed by atoms with Crippen LogP contribution in [0.5, 0.6) is 0 Å². The van der Waals surface area contributed by atoms with Crippen molar-refractivity contribution in [1.29, 1.82) is 0 Å². The van der Waals surface area contributed by atoms with Gasteiger partial charge >= 0.3 is 0 Å². The average molecular weight is 169 g/mol. The Hall–Kier alpha value is -0.0400. The summed E-state index contributed by atoms with van der Waals surface area (Å²) in [6.07, 6.45) is 9.52. The van der Waals surface area contributed by atoms with Crippen LogP contribution in [-0.4, -0.2) is 5.54 Å². The Balaban J connectivity index is 2.28. The largest absolute Gasteiger partial charge is 0.325 e. The fourth-order valence-electron chi connectivity index (χ4n) is 2.20. The van der Waals surface area contributed by atoms with Crippen molar-refractivity contribution < 1.29 is 0 Å². The van der Waals surface area contributed by atoms with Gasteiger partial charge in [-0.15, -0.1) is 0 Å². The monoisotopic (exact) mass is 169 g/mol. The molecule has 0 amide bonds. The minimum Gasteiger partial charge on any atom is -0.325 e. The van der Waals surface area contributed by atoms with E-state index >= 15 is 0 Å². The van der Waals surface area contributed by atoms with E-state index in [-0.39, 0.29) is 5.54 Å². The molecule has 0 heterocycles. The number of nitrogens with two attached hydrogens (primary N) is 1. The molecule has 0 aliphatic heterocycles. The van der Waals surface area contributed by atoms with Crippen LogP contribution in [0.3, 0.4) is 0 Å². The van der Waals surface area contributed by atoms with Crippen molar-refractivity contribution in [3.63, 3.8) is 0 Å². The molecule has 12 heavy (non-hydrogen) atoms. The van der Waals surface area contributed by atoms with Gasteiger partial charge in [0.2, 0.25) is 0 Å². The predicted octanol–water partition coefficient (Wildman–Crippen LogP) is 3.08. The van der Waals surface area contributed by atoms with Crippen LogP contribution < -0.4 is 5.73 Å². The quantitative estimate of drug-likeness (QED) is 0.690. The van der Waals surface area contributed by atoms with Gasteiger partial charge in [-0.2, -0.15) is 0 Å². The highest BCUT2D eigenvalue weighted by atomic mass is 14.7. The molecule has 1 saturated carbocycles. The topological polar surface area (TPSA) is 26.0 Å². The van der Waals surface area contributed by atoms with E-state index in [0.29, 0.717) is 0 Å². The molecule has 1 atom stereocenters. The van der Waals surface area contributed by atoms with Crippen LogP contribution >= 0.6 is 0 Å². The summed E-state index contributed by atoms with van der Waals surface area (Å²) in [6, 6.07) is 0. The third-order valence-electron chi connectivity index (χ3n) is 3.29. The Morgan fingerprint density at radius 1 is 1.25 bits per heavy atom. The third-order valence-corrected chi connectivity index (χ3v) is 3.29. The number of hydrogen-bond donors (Lipinski definition) is 1. The molecule has 1 fully saturated rings. The van der Waals surface area contributed by atoms with E-state index in [1.54, 1.807) is 0 Å². The lowest BCUT2D eigenvalue weighted by molar-refractivity contribution is 0.265. The van der Waals surface area contributed by atoms with Gasteiger partial charge in [-0.25, -0.2) is 0 Å². The Labute approximate surface area is 76.7 Å². The first-order valence-corrected chi connectivity index (χ1v) is 5.43. The lowest BCUT2D eigenvalue weighted by Crippen LogP contribution is -2.37. The van der Waals surface area contributed by atoms with Gasteiger partial charge in [0.15, 0.2) is 0 Å². The molecule has 1 aliphatic carbocycles. The summed E-state index contributed by atoms with van der Waals surface area (Å²) in [6.45, 7) is 4.39. The fourth-order valence-corrected chi connectivity index (χ4v) is 2.20. The molecular formula is C11H23N. The Morgan fingerprint density at radius 3 is 2.33 bits per heavy atom. The zero-order valence-electron chi connectivity index (χ0n) is 8.60. The van der Waals surface area contributed by atoms with Crippen molar-refractivity contribution in [1.82, 2.24) is 0 Å². The molecule has 0 saturated heterocycles. The molecule has 0 aromatic heterocycles. The molecule has 0 spiro atoms. The minimum atomic E-state index is 0.0992. The summed E-state index contributed by atoms with van der Waals surface area (Å²) < 4.78 is 0. The standard InChI is InChI=1S/C11H23N/c1-3-11(2,12)9-10-7-5-4-6-8-10/h10H,3-9,12H2,1-2H3. The predicted molar refractivity (Wildman–Crippen MR) is 54.1 cm³/mol. The zero-order chi connectivity index (χ0) is 9.03. The summed E-state index contributed by atoms with van der Waals surface area (Å²) in [5, 5.41) is 0.